The number of nitrogens with zero attached hydrogens (tertiary/aromatic N) is 4. The van der Waals surface area contributed by atoms with Crippen molar-refractivity contribution in [1.82, 2.24) is 19.8 Å². The molecule has 0 radical (unpaired) electrons. The number of hydroxylamine groups is 2. The average molecular weight is 664 g/mol. The van der Waals surface area contributed by atoms with Crippen LogP contribution >= 0.6 is 34.4 Å². The van der Waals surface area contributed by atoms with Crippen LogP contribution in [0.2, 0.25) is 0 Å². The minimum absolute atomic E-state index is 0.0120. The lowest BCUT2D eigenvalue weighted by Crippen LogP contribution is -2.49. The van der Waals surface area contributed by atoms with Crippen LogP contribution in [0, 0.1) is 5.41 Å². The van der Waals surface area contributed by atoms with E-state index in [-0.39, 0.29) is 18.3 Å². The molecular formula is C33H37N5O4S3. The fraction of sp³-hybridized carbons (Fsp3) is 0.333. The average Bonchev–Trinajstić information content (AvgIpc) is 3.71. The van der Waals surface area contributed by atoms with Gasteiger partial charge in [-0.25, -0.2) is 4.98 Å². The summed E-state index contributed by atoms with van der Waals surface area (Å²) in [6.07, 6.45) is 2.50. The smallest absolute Gasteiger partial charge is 0.260 e. The Hall–Kier alpha value is -3.55. The molecule has 1 aliphatic rings. The molecule has 12 heteroatoms. The van der Waals surface area contributed by atoms with Crippen LogP contribution in [0.1, 0.15) is 31.2 Å². The van der Waals surface area contributed by atoms with Gasteiger partial charge in [-0.3, -0.25) is 24.7 Å². The normalized spacial score (nSPS) is 13.9. The number of thiophene rings is 1. The highest BCUT2D eigenvalue weighted by atomic mass is 32.2. The molecule has 0 bridgehead atoms. The highest BCUT2D eigenvalue weighted by Crippen LogP contribution is 2.41. The van der Waals surface area contributed by atoms with E-state index >= 15 is 0 Å². The number of thioether (sulfide) groups is 1. The molecule has 1 N–H and O–H groups in total. The Kier molecular flexibility index (Phi) is 10.7. The van der Waals surface area contributed by atoms with Gasteiger partial charge >= 0.3 is 0 Å². The minimum atomic E-state index is -0.621. The first kappa shape index (κ1) is 32.8. The maximum Gasteiger partial charge on any atom is 0.260 e. The number of hydrogen-bond donors (Lipinski definition) is 1. The molecule has 0 atom stereocenters. The number of rotatable bonds is 11. The SMILES string of the molecule is CSc1sc(C(=N)N(C=O)OC(C)(C)C)cc1-c1nc(-c2cccc(OCC(=O)N3CCN(Cc4ccccc4)CC3)c2)cs1. The zero-order valence-electron chi connectivity index (χ0n) is 25.8. The topological polar surface area (TPSA) is 99.1 Å². The molecule has 45 heavy (non-hydrogen) atoms. The lowest BCUT2D eigenvalue weighted by Gasteiger charge is -2.34. The quantitative estimate of drug-likeness (QED) is 0.0644. The van der Waals surface area contributed by atoms with Crippen LogP contribution in [0.5, 0.6) is 5.75 Å². The molecule has 1 aliphatic heterocycles. The number of carbonyl (C=O) groups excluding carboxylic acids is 2. The molecule has 3 heterocycles. The Labute approximate surface area is 276 Å². The van der Waals surface area contributed by atoms with Crippen LogP contribution in [0.4, 0.5) is 0 Å². The van der Waals surface area contributed by atoms with Crippen molar-refractivity contribution in [1.29, 1.82) is 5.41 Å². The summed E-state index contributed by atoms with van der Waals surface area (Å²) in [7, 11) is 0. The standard InChI is InChI=1S/C33H37N5O4S3/c1-33(2,3)42-38(22-39)30(34)28-18-26(32(43-4)45-28)31-35-27(21-44-31)24-11-8-12-25(17-24)41-20-29(40)37-15-13-36(14-16-37)19-23-9-6-5-7-10-23/h5-12,17-18,21-22,34H,13-16,19-20H2,1-4H3. The third kappa shape index (κ3) is 8.59. The number of nitrogens with one attached hydrogen (secondary N) is 1. The van der Waals surface area contributed by atoms with Gasteiger partial charge in [0.05, 0.1) is 20.4 Å². The van der Waals surface area contributed by atoms with Gasteiger partial charge in [0, 0.05) is 49.2 Å². The predicted octanol–water partition coefficient (Wildman–Crippen LogP) is 6.50. The van der Waals surface area contributed by atoms with E-state index in [1.807, 2.05) is 73.7 Å². The van der Waals surface area contributed by atoms with E-state index in [0.29, 0.717) is 30.1 Å². The molecule has 0 spiro atoms. The number of amides is 2. The van der Waals surface area contributed by atoms with Crippen LogP contribution in [0.15, 0.2) is 70.3 Å². The molecule has 236 valence electrons. The summed E-state index contributed by atoms with van der Waals surface area (Å²) in [5.74, 6) is 0.582. The van der Waals surface area contributed by atoms with E-state index in [9.17, 15) is 9.59 Å². The van der Waals surface area contributed by atoms with Gasteiger partial charge in [0.2, 0.25) is 6.41 Å². The summed E-state index contributed by atoms with van der Waals surface area (Å²) in [5.41, 5.74) is 3.25. The number of piperazine rings is 1. The Balaban J connectivity index is 1.20. The molecule has 1 fully saturated rings. The van der Waals surface area contributed by atoms with E-state index in [1.165, 1.54) is 28.2 Å². The van der Waals surface area contributed by atoms with Gasteiger partial charge in [0.15, 0.2) is 12.4 Å². The van der Waals surface area contributed by atoms with Crippen molar-refractivity contribution in [3.05, 3.63) is 76.5 Å². The highest BCUT2D eigenvalue weighted by molar-refractivity contribution is 8.00. The number of carbonyl (C=O) groups is 2. The predicted molar refractivity (Wildman–Crippen MR) is 182 cm³/mol. The Bertz CT molecular complexity index is 1620. The number of thiazole rings is 1. The third-order valence-corrected chi connectivity index (χ3v) is 10.2. The van der Waals surface area contributed by atoms with Crippen LogP contribution in [-0.2, 0) is 21.0 Å². The van der Waals surface area contributed by atoms with Crippen molar-refractivity contribution >= 4 is 52.6 Å². The molecule has 2 aromatic heterocycles. The number of aromatic nitrogens is 1. The summed E-state index contributed by atoms with van der Waals surface area (Å²) in [4.78, 5) is 40.0. The zero-order valence-corrected chi connectivity index (χ0v) is 28.3. The van der Waals surface area contributed by atoms with Crippen molar-refractivity contribution in [3.8, 4) is 27.6 Å². The summed E-state index contributed by atoms with van der Waals surface area (Å²) >= 11 is 4.51. The van der Waals surface area contributed by atoms with E-state index < -0.39 is 5.60 Å². The van der Waals surface area contributed by atoms with Gasteiger partial charge in [-0.1, -0.05) is 42.5 Å². The molecule has 0 saturated carbocycles. The fourth-order valence-electron chi connectivity index (χ4n) is 4.82. The summed E-state index contributed by atoms with van der Waals surface area (Å²) in [5, 5.41) is 12.3. The van der Waals surface area contributed by atoms with Crippen LogP contribution < -0.4 is 4.74 Å². The van der Waals surface area contributed by atoms with Gasteiger partial charge in [0.1, 0.15) is 10.8 Å². The van der Waals surface area contributed by atoms with E-state index in [0.717, 1.165) is 50.7 Å². The Morgan fingerprint density at radius 1 is 1.09 bits per heavy atom. The summed E-state index contributed by atoms with van der Waals surface area (Å²) in [6, 6.07) is 19.9. The number of ether oxygens (including phenoxy) is 1. The first-order chi connectivity index (χ1) is 21.6. The Morgan fingerprint density at radius 3 is 2.53 bits per heavy atom. The fourth-order valence-corrected chi connectivity index (χ4v) is 7.61. The first-order valence-electron chi connectivity index (χ1n) is 14.6. The summed E-state index contributed by atoms with van der Waals surface area (Å²) in [6.45, 7) is 9.43. The van der Waals surface area contributed by atoms with Crippen molar-refractivity contribution in [3.63, 3.8) is 0 Å². The number of hydrogen-bond acceptors (Lipinski definition) is 10. The molecule has 2 aromatic carbocycles. The lowest BCUT2D eigenvalue weighted by atomic mass is 10.1. The number of benzene rings is 2. The third-order valence-electron chi connectivity index (χ3n) is 7.01. The molecule has 0 aliphatic carbocycles. The van der Waals surface area contributed by atoms with Crippen molar-refractivity contribution < 1.29 is 19.2 Å². The van der Waals surface area contributed by atoms with Gasteiger partial charge < -0.3 is 9.64 Å². The highest BCUT2D eigenvalue weighted by Gasteiger charge is 2.25. The second-order valence-corrected chi connectivity index (χ2v) is 14.5. The summed E-state index contributed by atoms with van der Waals surface area (Å²) < 4.78 is 6.93. The minimum Gasteiger partial charge on any atom is -0.484 e. The monoisotopic (exact) mass is 663 g/mol. The Morgan fingerprint density at radius 2 is 1.84 bits per heavy atom. The van der Waals surface area contributed by atoms with Crippen LogP contribution in [0.3, 0.4) is 0 Å². The maximum absolute atomic E-state index is 12.9. The number of amidine groups is 1. The lowest BCUT2D eigenvalue weighted by molar-refractivity contribution is -0.183. The molecule has 0 unspecified atom stereocenters. The largest absolute Gasteiger partial charge is 0.484 e. The van der Waals surface area contributed by atoms with Gasteiger partial charge in [-0.15, -0.1) is 34.4 Å². The zero-order chi connectivity index (χ0) is 32.0. The molecule has 1 saturated heterocycles. The van der Waals surface area contributed by atoms with E-state index in [1.54, 1.807) is 11.8 Å². The van der Waals surface area contributed by atoms with E-state index in [4.69, 9.17) is 20.0 Å². The second-order valence-electron chi connectivity index (χ2n) is 11.5. The molecule has 4 aromatic rings. The van der Waals surface area contributed by atoms with Crippen molar-refractivity contribution in [2.75, 3.05) is 39.0 Å². The van der Waals surface area contributed by atoms with Crippen molar-refractivity contribution in [2.45, 2.75) is 37.1 Å². The molecular weight excluding hydrogens is 627 g/mol. The van der Waals surface area contributed by atoms with Gasteiger partial charge in [-0.05, 0) is 50.8 Å². The van der Waals surface area contributed by atoms with Crippen LogP contribution in [-0.4, -0.2) is 82.6 Å². The first-order valence-corrected chi connectivity index (χ1v) is 17.5. The molecule has 2 amide bonds. The van der Waals surface area contributed by atoms with E-state index in [2.05, 4.69) is 29.2 Å². The molecule has 5 rings (SSSR count). The van der Waals surface area contributed by atoms with Gasteiger partial charge in [0.25, 0.3) is 5.91 Å². The maximum atomic E-state index is 12.9. The second kappa shape index (κ2) is 14.7. The van der Waals surface area contributed by atoms with Crippen molar-refractivity contribution in [2.24, 2.45) is 0 Å². The van der Waals surface area contributed by atoms with Gasteiger partial charge in [-0.2, -0.15) is 5.06 Å². The molecule has 9 nitrogen and oxygen atoms in total. The van der Waals surface area contributed by atoms with Crippen LogP contribution in [0.25, 0.3) is 21.8 Å².